The molecule has 132 valence electrons. The van der Waals surface area contributed by atoms with Crippen LogP contribution >= 0.6 is 0 Å². The van der Waals surface area contributed by atoms with E-state index in [1.807, 2.05) is 19.1 Å². The van der Waals surface area contributed by atoms with Crippen molar-refractivity contribution in [1.82, 2.24) is 0 Å². The Morgan fingerprint density at radius 3 is 2.48 bits per heavy atom. The van der Waals surface area contributed by atoms with E-state index in [0.29, 0.717) is 5.78 Å². The number of allylic oxidation sites excluding steroid dienone is 4. The average molecular weight is 322 g/mol. The van der Waals surface area contributed by atoms with Crippen LogP contribution in [0.15, 0.2) is 24.3 Å². The number of carboxylic acid groups (broad SMARTS) is 1. The third-order valence-electron chi connectivity index (χ3n) is 3.98. The molecule has 1 aliphatic carbocycles. The number of unbranched alkanes of at least 4 members (excludes halogenated alkanes) is 3. The molecule has 1 atom stereocenters. The lowest BCUT2D eigenvalue weighted by atomic mass is 10.00. The molecule has 0 radical (unpaired) electrons. The Hall–Kier alpha value is -1.38. The molecule has 0 aromatic carbocycles. The molecule has 3 nitrogen and oxygen atoms in total. The second-order valence-electron chi connectivity index (χ2n) is 6.17. The van der Waals surface area contributed by atoms with Gasteiger partial charge in [-0.15, -0.1) is 0 Å². The molecule has 1 fully saturated rings. The van der Waals surface area contributed by atoms with Crippen molar-refractivity contribution in [2.75, 3.05) is 0 Å². The number of rotatable bonds is 10. The molecule has 3 heteroatoms. The topological polar surface area (TPSA) is 54.4 Å². The number of carbonyl (C=O) groups is 2. The minimum absolute atomic E-state index is 0.282. The molecule has 0 spiro atoms. The van der Waals surface area contributed by atoms with E-state index in [9.17, 15) is 9.59 Å². The van der Waals surface area contributed by atoms with Crippen molar-refractivity contribution in [2.45, 2.75) is 84.5 Å². The minimum Gasteiger partial charge on any atom is -0.481 e. The van der Waals surface area contributed by atoms with Crippen LogP contribution in [0.4, 0.5) is 0 Å². The summed E-state index contributed by atoms with van der Waals surface area (Å²) in [7, 11) is 0. The summed E-state index contributed by atoms with van der Waals surface area (Å²) < 4.78 is 0. The first-order valence-corrected chi connectivity index (χ1v) is 9.09. The van der Waals surface area contributed by atoms with Crippen LogP contribution in [-0.4, -0.2) is 16.9 Å². The Kier molecular flexibility index (Phi) is 14.6. The Morgan fingerprint density at radius 2 is 1.91 bits per heavy atom. The van der Waals surface area contributed by atoms with Crippen molar-refractivity contribution >= 4 is 11.8 Å². The van der Waals surface area contributed by atoms with Crippen LogP contribution in [0.25, 0.3) is 0 Å². The maximum absolute atomic E-state index is 11.0. The van der Waals surface area contributed by atoms with Gasteiger partial charge in [0, 0.05) is 19.3 Å². The van der Waals surface area contributed by atoms with Gasteiger partial charge in [-0.25, -0.2) is 0 Å². The summed E-state index contributed by atoms with van der Waals surface area (Å²) in [5.41, 5.74) is 0. The van der Waals surface area contributed by atoms with Crippen LogP contribution in [0.2, 0.25) is 0 Å². The summed E-state index contributed by atoms with van der Waals surface area (Å²) >= 11 is 0. The highest BCUT2D eigenvalue weighted by Crippen LogP contribution is 2.26. The van der Waals surface area contributed by atoms with Crippen LogP contribution in [0.1, 0.15) is 84.5 Å². The second-order valence-corrected chi connectivity index (χ2v) is 6.17. The third-order valence-corrected chi connectivity index (χ3v) is 3.98. The normalized spacial score (nSPS) is 17.7. The fraction of sp³-hybridized carbons (Fsp3) is 0.700. The number of carbonyl (C=O) groups excluding carboxylic acids is 1. The monoisotopic (exact) mass is 322 g/mol. The largest absolute Gasteiger partial charge is 0.481 e. The Bertz CT molecular complexity index is 369. The van der Waals surface area contributed by atoms with Crippen molar-refractivity contribution in [3.63, 3.8) is 0 Å². The molecule has 1 N–H and O–H groups in total. The van der Waals surface area contributed by atoms with Gasteiger partial charge in [-0.3, -0.25) is 9.59 Å². The van der Waals surface area contributed by atoms with Crippen molar-refractivity contribution in [1.29, 1.82) is 0 Å². The highest BCUT2D eigenvalue weighted by molar-refractivity contribution is 5.80. The van der Waals surface area contributed by atoms with E-state index in [2.05, 4.69) is 19.1 Å². The fourth-order valence-corrected chi connectivity index (χ4v) is 2.66. The van der Waals surface area contributed by atoms with E-state index < -0.39 is 5.97 Å². The highest BCUT2D eigenvalue weighted by Gasteiger charge is 2.20. The van der Waals surface area contributed by atoms with Crippen LogP contribution in [0, 0.1) is 5.92 Å². The minimum atomic E-state index is -0.709. The second kappa shape index (κ2) is 15.5. The van der Waals surface area contributed by atoms with E-state index >= 15 is 0 Å². The Labute approximate surface area is 141 Å². The average Bonchev–Trinajstić information content (AvgIpc) is 2.93. The Morgan fingerprint density at radius 1 is 1.17 bits per heavy atom. The lowest BCUT2D eigenvalue weighted by Crippen LogP contribution is -1.94. The molecule has 0 heterocycles. The van der Waals surface area contributed by atoms with Gasteiger partial charge in [0.25, 0.3) is 0 Å². The molecule has 0 aromatic heterocycles. The van der Waals surface area contributed by atoms with E-state index in [4.69, 9.17) is 5.11 Å². The molecule has 0 aliphatic heterocycles. The number of carboxylic acids is 1. The first-order valence-electron chi connectivity index (χ1n) is 9.09. The molecule has 0 unspecified atom stereocenters. The molecule has 0 bridgehead atoms. The van der Waals surface area contributed by atoms with E-state index in [1.165, 1.54) is 25.7 Å². The molecule has 1 rings (SSSR count). The molecule has 23 heavy (non-hydrogen) atoms. The van der Waals surface area contributed by atoms with Crippen molar-refractivity contribution in [3.8, 4) is 0 Å². The number of aliphatic carboxylic acids is 1. The van der Waals surface area contributed by atoms with Gasteiger partial charge < -0.3 is 5.11 Å². The zero-order valence-corrected chi connectivity index (χ0v) is 14.9. The quantitative estimate of drug-likeness (QED) is 0.414. The van der Waals surface area contributed by atoms with Gasteiger partial charge >= 0.3 is 5.97 Å². The standard InChI is InChI=1S/C13H22O.C7H12O2/c1-2-3-4-5-6-7-8-12-9-10-13(14)11-12;1-2-3-4-5-6-7(8)9/h3-4,12H,2,5-11H2,1H3;2-3H,4-6H2,1H3,(H,8,9)/b4-3-;3-2-/t12-;/m0./s1. The number of Topliss-reactive ketones (excluding diaryl/α,β-unsaturated/α-hetero) is 1. The molecule has 0 aromatic rings. The van der Waals surface area contributed by atoms with Gasteiger partial charge in [-0.2, -0.15) is 0 Å². The summed E-state index contributed by atoms with van der Waals surface area (Å²) in [6, 6.07) is 0. The summed E-state index contributed by atoms with van der Waals surface area (Å²) in [5.74, 6) is 0.498. The van der Waals surface area contributed by atoms with Crippen LogP contribution in [-0.2, 0) is 9.59 Å². The van der Waals surface area contributed by atoms with Gasteiger partial charge in [0.15, 0.2) is 0 Å². The molecule has 1 saturated carbocycles. The maximum Gasteiger partial charge on any atom is 0.303 e. The van der Waals surface area contributed by atoms with Gasteiger partial charge in [0.2, 0.25) is 0 Å². The molecular weight excluding hydrogens is 288 g/mol. The van der Waals surface area contributed by atoms with Gasteiger partial charge in [0.05, 0.1) is 0 Å². The molecule has 0 saturated heterocycles. The van der Waals surface area contributed by atoms with Crippen molar-refractivity contribution in [2.24, 2.45) is 5.92 Å². The third kappa shape index (κ3) is 15.3. The van der Waals surface area contributed by atoms with Crippen LogP contribution in [0.3, 0.4) is 0 Å². The Balaban J connectivity index is 0.000000468. The molecule has 0 amide bonds. The van der Waals surface area contributed by atoms with Gasteiger partial charge in [0.1, 0.15) is 5.78 Å². The predicted octanol–water partition coefficient (Wildman–Crippen LogP) is 5.70. The number of hydrogen-bond acceptors (Lipinski definition) is 2. The summed E-state index contributed by atoms with van der Waals surface area (Å²) in [4.78, 5) is 21.0. The predicted molar refractivity (Wildman–Crippen MR) is 96.5 cm³/mol. The number of hydrogen-bond donors (Lipinski definition) is 1. The summed E-state index contributed by atoms with van der Waals surface area (Å²) in [6.45, 7) is 4.10. The molecular formula is C20H34O3. The molecule has 1 aliphatic rings. The fourth-order valence-electron chi connectivity index (χ4n) is 2.66. The maximum atomic E-state index is 11.0. The number of ketones is 1. The lowest BCUT2D eigenvalue weighted by Gasteiger charge is -2.05. The highest BCUT2D eigenvalue weighted by atomic mass is 16.4. The zero-order chi connectivity index (χ0) is 17.3. The zero-order valence-electron chi connectivity index (χ0n) is 14.9. The first kappa shape index (κ1) is 21.6. The van der Waals surface area contributed by atoms with Crippen LogP contribution in [0.5, 0.6) is 0 Å². The van der Waals surface area contributed by atoms with Gasteiger partial charge in [-0.05, 0) is 51.4 Å². The van der Waals surface area contributed by atoms with Crippen LogP contribution < -0.4 is 0 Å². The van der Waals surface area contributed by atoms with E-state index in [1.54, 1.807) is 0 Å². The SMILES string of the molecule is C/C=C\CCCC(=O)O.CC/C=C\CCCC[C@H]1CCC(=O)C1. The first-order chi connectivity index (χ1) is 11.1. The van der Waals surface area contributed by atoms with Crippen molar-refractivity contribution < 1.29 is 14.7 Å². The van der Waals surface area contributed by atoms with E-state index in [0.717, 1.165) is 44.4 Å². The lowest BCUT2D eigenvalue weighted by molar-refractivity contribution is -0.137. The van der Waals surface area contributed by atoms with E-state index in [-0.39, 0.29) is 6.42 Å². The smallest absolute Gasteiger partial charge is 0.303 e. The van der Waals surface area contributed by atoms with Gasteiger partial charge in [-0.1, -0.05) is 44.1 Å². The summed E-state index contributed by atoms with van der Waals surface area (Å²) in [6.07, 6.45) is 19.4. The van der Waals surface area contributed by atoms with Crippen molar-refractivity contribution in [3.05, 3.63) is 24.3 Å². The summed E-state index contributed by atoms with van der Waals surface area (Å²) in [5, 5.41) is 8.19.